The Balaban J connectivity index is 2.21. The molecule has 2 rings (SSSR count). The summed E-state index contributed by atoms with van der Waals surface area (Å²) < 4.78 is 13.0. The Kier molecular flexibility index (Phi) is 2.68. The fourth-order valence-corrected chi connectivity index (χ4v) is 1.99. The number of hydrogen-bond donors (Lipinski definition) is 1. The molecule has 2 aromatic rings. The Morgan fingerprint density at radius 2 is 2.27 bits per heavy atom. The topological polar surface area (TPSA) is 38.9 Å². The van der Waals surface area contributed by atoms with E-state index >= 15 is 0 Å². The molecule has 1 aromatic carbocycles. The zero-order chi connectivity index (χ0) is 10.8. The third-order valence-corrected chi connectivity index (χ3v) is 2.90. The molecule has 0 aliphatic heterocycles. The van der Waals surface area contributed by atoms with Crippen molar-refractivity contribution >= 4 is 16.5 Å². The van der Waals surface area contributed by atoms with Gasteiger partial charge in [0.15, 0.2) is 5.13 Å². The van der Waals surface area contributed by atoms with E-state index in [1.54, 1.807) is 13.0 Å². The van der Waals surface area contributed by atoms with E-state index in [1.165, 1.54) is 17.4 Å². The molecule has 78 valence electrons. The molecule has 2 N–H and O–H groups in total. The van der Waals surface area contributed by atoms with Crippen LogP contribution in [-0.2, 0) is 6.42 Å². The predicted molar refractivity (Wildman–Crippen MR) is 60.5 cm³/mol. The number of anilines is 1. The summed E-state index contributed by atoms with van der Waals surface area (Å²) >= 11 is 1.42. The van der Waals surface area contributed by atoms with E-state index in [0.717, 1.165) is 11.3 Å². The first-order chi connectivity index (χ1) is 7.15. The van der Waals surface area contributed by atoms with Crippen molar-refractivity contribution in [2.45, 2.75) is 13.3 Å². The molecule has 0 radical (unpaired) electrons. The minimum absolute atomic E-state index is 0.170. The molecule has 15 heavy (non-hydrogen) atoms. The van der Waals surface area contributed by atoms with Crippen molar-refractivity contribution in [2.24, 2.45) is 0 Å². The Morgan fingerprint density at radius 3 is 2.87 bits per heavy atom. The smallest absolute Gasteiger partial charge is 0.180 e. The third kappa shape index (κ3) is 2.33. The van der Waals surface area contributed by atoms with Gasteiger partial charge in [0, 0.05) is 11.8 Å². The maximum Gasteiger partial charge on any atom is 0.180 e. The van der Waals surface area contributed by atoms with Gasteiger partial charge in [0.05, 0.1) is 5.69 Å². The number of aryl methyl sites for hydroxylation is 1. The summed E-state index contributed by atoms with van der Waals surface area (Å²) in [5.41, 5.74) is 8.18. The van der Waals surface area contributed by atoms with E-state index in [0.29, 0.717) is 17.1 Å². The Hall–Kier alpha value is -1.42. The van der Waals surface area contributed by atoms with Crippen LogP contribution in [0.15, 0.2) is 23.6 Å². The number of nitrogens with two attached hydrogens (primary N) is 1. The van der Waals surface area contributed by atoms with Gasteiger partial charge in [0.2, 0.25) is 0 Å². The number of aromatic nitrogens is 1. The van der Waals surface area contributed by atoms with E-state index in [1.807, 2.05) is 11.4 Å². The molecule has 0 amide bonds. The molecule has 0 aliphatic carbocycles. The van der Waals surface area contributed by atoms with Gasteiger partial charge in [-0.25, -0.2) is 9.37 Å². The molecule has 0 spiro atoms. The highest BCUT2D eigenvalue weighted by molar-refractivity contribution is 7.13. The number of benzene rings is 1. The lowest BCUT2D eigenvalue weighted by Crippen LogP contribution is -1.92. The first kappa shape index (κ1) is 10.1. The van der Waals surface area contributed by atoms with E-state index in [9.17, 15) is 4.39 Å². The van der Waals surface area contributed by atoms with Gasteiger partial charge in [-0.2, -0.15) is 0 Å². The van der Waals surface area contributed by atoms with Crippen LogP contribution in [0.1, 0.15) is 16.8 Å². The first-order valence-electron chi connectivity index (χ1n) is 4.60. The second kappa shape index (κ2) is 3.98. The standard InChI is InChI=1S/C11H11FN2S/c1-7-4-8(2-3-10(7)12)5-9-6-15-11(13)14-9/h2-4,6H,5H2,1H3,(H2,13,14). The number of nitrogen functional groups attached to an aromatic ring is 1. The van der Waals surface area contributed by atoms with Gasteiger partial charge in [-0.05, 0) is 24.1 Å². The predicted octanol–water partition coefficient (Wildman–Crippen LogP) is 2.76. The summed E-state index contributed by atoms with van der Waals surface area (Å²) in [4.78, 5) is 4.16. The van der Waals surface area contributed by atoms with Crippen LogP contribution in [0, 0.1) is 12.7 Å². The van der Waals surface area contributed by atoms with Crippen molar-refractivity contribution in [1.82, 2.24) is 4.98 Å². The van der Waals surface area contributed by atoms with Crippen LogP contribution in [0.5, 0.6) is 0 Å². The van der Waals surface area contributed by atoms with Crippen molar-refractivity contribution in [1.29, 1.82) is 0 Å². The average molecular weight is 222 g/mol. The lowest BCUT2D eigenvalue weighted by molar-refractivity contribution is 0.617. The zero-order valence-corrected chi connectivity index (χ0v) is 9.14. The highest BCUT2D eigenvalue weighted by atomic mass is 32.1. The summed E-state index contributed by atoms with van der Waals surface area (Å²) in [5, 5.41) is 2.50. The molecular formula is C11H11FN2S. The Bertz CT molecular complexity index is 479. The molecule has 1 aromatic heterocycles. The van der Waals surface area contributed by atoms with Gasteiger partial charge < -0.3 is 5.73 Å². The molecule has 0 saturated heterocycles. The summed E-state index contributed by atoms with van der Waals surface area (Å²) in [6.45, 7) is 1.76. The Labute approximate surface area is 91.6 Å². The quantitative estimate of drug-likeness (QED) is 0.848. The number of nitrogens with zero attached hydrogens (tertiary/aromatic N) is 1. The van der Waals surface area contributed by atoms with Gasteiger partial charge in [-0.1, -0.05) is 12.1 Å². The number of thiazole rings is 1. The first-order valence-corrected chi connectivity index (χ1v) is 5.48. The summed E-state index contributed by atoms with van der Waals surface area (Å²) in [7, 11) is 0. The second-order valence-corrected chi connectivity index (χ2v) is 4.33. The molecular weight excluding hydrogens is 211 g/mol. The average Bonchev–Trinajstić information content (AvgIpc) is 2.58. The molecule has 0 fully saturated rings. The molecule has 4 heteroatoms. The van der Waals surface area contributed by atoms with Crippen molar-refractivity contribution in [3.63, 3.8) is 0 Å². The van der Waals surface area contributed by atoms with Gasteiger partial charge in [-0.15, -0.1) is 11.3 Å². The lowest BCUT2D eigenvalue weighted by atomic mass is 10.1. The molecule has 0 bridgehead atoms. The van der Waals surface area contributed by atoms with Crippen LogP contribution >= 0.6 is 11.3 Å². The molecule has 0 unspecified atom stereocenters. The van der Waals surface area contributed by atoms with Crippen molar-refractivity contribution in [3.8, 4) is 0 Å². The highest BCUT2D eigenvalue weighted by Gasteiger charge is 2.03. The van der Waals surface area contributed by atoms with E-state index in [-0.39, 0.29) is 5.82 Å². The fourth-order valence-electron chi connectivity index (χ4n) is 1.43. The normalized spacial score (nSPS) is 10.5. The van der Waals surface area contributed by atoms with E-state index in [4.69, 9.17) is 5.73 Å². The van der Waals surface area contributed by atoms with Crippen LogP contribution in [0.4, 0.5) is 9.52 Å². The maximum atomic E-state index is 13.0. The van der Waals surface area contributed by atoms with Gasteiger partial charge in [0.25, 0.3) is 0 Å². The largest absolute Gasteiger partial charge is 0.375 e. The minimum Gasteiger partial charge on any atom is -0.375 e. The van der Waals surface area contributed by atoms with Crippen LogP contribution < -0.4 is 5.73 Å². The molecule has 1 heterocycles. The summed E-state index contributed by atoms with van der Waals surface area (Å²) in [6.07, 6.45) is 0.703. The third-order valence-electron chi connectivity index (χ3n) is 2.18. The maximum absolute atomic E-state index is 13.0. The van der Waals surface area contributed by atoms with E-state index < -0.39 is 0 Å². The monoisotopic (exact) mass is 222 g/mol. The van der Waals surface area contributed by atoms with Crippen molar-refractivity contribution in [3.05, 3.63) is 46.2 Å². The number of hydrogen-bond acceptors (Lipinski definition) is 3. The summed E-state index contributed by atoms with van der Waals surface area (Å²) in [5.74, 6) is -0.170. The summed E-state index contributed by atoms with van der Waals surface area (Å²) in [6, 6.07) is 5.10. The van der Waals surface area contributed by atoms with Crippen LogP contribution in [0.25, 0.3) is 0 Å². The fraction of sp³-hybridized carbons (Fsp3) is 0.182. The second-order valence-electron chi connectivity index (χ2n) is 3.44. The number of halogens is 1. The highest BCUT2D eigenvalue weighted by Crippen LogP contribution is 2.16. The molecule has 0 aliphatic rings. The van der Waals surface area contributed by atoms with Crippen LogP contribution in [0.2, 0.25) is 0 Å². The zero-order valence-electron chi connectivity index (χ0n) is 8.33. The minimum atomic E-state index is -0.170. The van der Waals surface area contributed by atoms with Crippen molar-refractivity contribution < 1.29 is 4.39 Å². The van der Waals surface area contributed by atoms with Crippen molar-refractivity contribution in [2.75, 3.05) is 5.73 Å². The molecule has 0 saturated carbocycles. The SMILES string of the molecule is Cc1cc(Cc2csc(N)n2)ccc1F. The lowest BCUT2D eigenvalue weighted by Gasteiger charge is -2.01. The van der Waals surface area contributed by atoms with E-state index in [2.05, 4.69) is 4.98 Å². The molecule has 2 nitrogen and oxygen atoms in total. The van der Waals surface area contributed by atoms with Gasteiger partial charge in [-0.3, -0.25) is 0 Å². The Morgan fingerprint density at radius 1 is 1.47 bits per heavy atom. The van der Waals surface area contributed by atoms with Gasteiger partial charge >= 0.3 is 0 Å². The molecule has 0 atom stereocenters. The number of rotatable bonds is 2. The van der Waals surface area contributed by atoms with Crippen LogP contribution in [-0.4, -0.2) is 4.98 Å². The van der Waals surface area contributed by atoms with Gasteiger partial charge in [0.1, 0.15) is 5.82 Å². The van der Waals surface area contributed by atoms with Crippen LogP contribution in [0.3, 0.4) is 0 Å².